The van der Waals surface area contributed by atoms with E-state index in [0.717, 1.165) is 10.0 Å². The number of rotatable bonds is 6. The summed E-state index contributed by atoms with van der Waals surface area (Å²) in [5.41, 5.74) is 0.908. The van der Waals surface area contributed by atoms with Gasteiger partial charge < -0.3 is 4.90 Å². The minimum atomic E-state index is -0.275. The summed E-state index contributed by atoms with van der Waals surface area (Å²) in [5.74, 6) is -0.0161. The second-order valence-corrected chi connectivity index (χ2v) is 8.02. The zero-order valence-corrected chi connectivity index (χ0v) is 15.2. The Balaban J connectivity index is 2.08. The van der Waals surface area contributed by atoms with Gasteiger partial charge in [-0.3, -0.25) is 4.79 Å². The molecule has 23 heavy (non-hydrogen) atoms. The van der Waals surface area contributed by atoms with Crippen molar-refractivity contribution in [2.45, 2.75) is 22.9 Å². The van der Waals surface area contributed by atoms with Gasteiger partial charge in [0.2, 0.25) is 5.91 Å². The smallest absolute Gasteiger partial charge is 0.235 e. The zero-order valence-electron chi connectivity index (χ0n) is 12.8. The van der Waals surface area contributed by atoms with Gasteiger partial charge >= 0.3 is 0 Å². The third-order valence-corrected chi connectivity index (χ3v) is 5.49. The minimum Gasteiger partial charge on any atom is -0.344 e. The third-order valence-electron chi connectivity index (χ3n) is 3.09. The molecule has 2 rings (SSSR count). The molecule has 1 heterocycles. The van der Waals surface area contributed by atoms with Crippen LogP contribution in [0.3, 0.4) is 0 Å². The first-order valence-corrected chi connectivity index (χ1v) is 9.07. The maximum Gasteiger partial charge on any atom is 0.235 e. The van der Waals surface area contributed by atoms with E-state index in [2.05, 4.69) is 5.10 Å². The molecule has 2 aromatic rings. The van der Waals surface area contributed by atoms with Crippen LogP contribution in [0, 0.1) is 15.3 Å². The highest BCUT2D eigenvalue weighted by atomic mass is 32.2. The first-order valence-electron chi connectivity index (χ1n) is 6.97. The number of hydrogen-bond donors (Lipinski definition) is 0. The number of nitrogens with zero attached hydrogens (tertiary/aromatic N) is 4. The molecule has 0 aliphatic rings. The van der Waals surface area contributed by atoms with Crippen LogP contribution in [0.4, 0.5) is 0 Å². The molecule has 0 unspecified atom stereocenters. The standard InChI is InChI=1S/C15H16N4OS3/c1-11(13(20)18(2)10-6-9-16)22-14-17-19(15(21)23-14)12-7-4-3-5-8-12/h3-5,7-8,11H,6,10H2,1-2H3/t11-/m0/s1. The Kier molecular flexibility index (Phi) is 6.33. The molecule has 0 aliphatic carbocycles. The van der Waals surface area contributed by atoms with Gasteiger partial charge in [0.1, 0.15) is 0 Å². The Morgan fingerprint density at radius 2 is 2.22 bits per heavy atom. The highest BCUT2D eigenvalue weighted by Gasteiger charge is 2.20. The van der Waals surface area contributed by atoms with Crippen molar-refractivity contribution in [2.24, 2.45) is 0 Å². The summed E-state index contributed by atoms with van der Waals surface area (Å²) in [6.07, 6.45) is 0.335. The lowest BCUT2D eigenvalue weighted by molar-refractivity contribution is -0.128. The predicted octanol–water partition coefficient (Wildman–Crippen LogP) is 3.52. The summed E-state index contributed by atoms with van der Waals surface area (Å²) >= 11 is 8.14. The number of aromatic nitrogens is 2. The second-order valence-electron chi connectivity index (χ2n) is 4.81. The molecule has 8 heteroatoms. The van der Waals surface area contributed by atoms with Crippen LogP contribution >= 0.6 is 35.3 Å². The summed E-state index contributed by atoms with van der Waals surface area (Å²) in [4.78, 5) is 13.8. The van der Waals surface area contributed by atoms with Gasteiger partial charge in [0, 0.05) is 13.6 Å². The molecule has 0 saturated carbocycles. The van der Waals surface area contributed by atoms with E-state index in [9.17, 15) is 4.79 Å². The summed E-state index contributed by atoms with van der Waals surface area (Å²) in [7, 11) is 1.71. The lowest BCUT2D eigenvalue weighted by Gasteiger charge is -2.19. The summed E-state index contributed by atoms with van der Waals surface area (Å²) in [5, 5.41) is 12.8. The van der Waals surface area contributed by atoms with Crippen LogP contribution in [0.1, 0.15) is 13.3 Å². The molecular weight excluding hydrogens is 348 g/mol. The molecule has 1 amide bonds. The summed E-state index contributed by atoms with van der Waals surface area (Å²) in [6.45, 7) is 2.28. The lowest BCUT2D eigenvalue weighted by Crippen LogP contribution is -2.33. The fraction of sp³-hybridized carbons (Fsp3) is 0.333. The van der Waals surface area contributed by atoms with Crippen LogP contribution in [0.25, 0.3) is 5.69 Å². The van der Waals surface area contributed by atoms with Crippen molar-refractivity contribution >= 4 is 41.2 Å². The maximum atomic E-state index is 12.3. The molecule has 1 aromatic heterocycles. The van der Waals surface area contributed by atoms with Crippen LogP contribution in [0.5, 0.6) is 0 Å². The molecule has 0 aliphatic heterocycles. The molecule has 0 spiro atoms. The Bertz CT molecular complexity index is 763. The molecule has 5 nitrogen and oxygen atoms in total. The van der Waals surface area contributed by atoms with Gasteiger partial charge in [-0.2, -0.15) is 5.26 Å². The summed E-state index contributed by atoms with van der Waals surface area (Å²) in [6, 6.07) is 11.7. The molecule has 0 bridgehead atoms. The van der Waals surface area contributed by atoms with E-state index >= 15 is 0 Å². The van der Waals surface area contributed by atoms with E-state index in [1.807, 2.05) is 43.3 Å². The normalized spacial score (nSPS) is 11.7. The maximum absolute atomic E-state index is 12.3. The van der Waals surface area contributed by atoms with Crippen LogP contribution in [-0.4, -0.2) is 39.4 Å². The Morgan fingerprint density at radius 3 is 2.87 bits per heavy atom. The molecule has 0 N–H and O–H groups in total. The van der Waals surface area contributed by atoms with E-state index in [1.165, 1.54) is 23.1 Å². The quantitative estimate of drug-likeness (QED) is 0.580. The van der Waals surface area contributed by atoms with E-state index in [4.69, 9.17) is 17.5 Å². The molecule has 0 fully saturated rings. The van der Waals surface area contributed by atoms with Gasteiger partial charge in [-0.15, -0.1) is 5.10 Å². The third kappa shape index (κ3) is 4.64. The number of carbonyl (C=O) groups is 1. The van der Waals surface area contributed by atoms with Crippen LogP contribution in [0.2, 0.25) is 0 Å². The molecule has 0 radical (unpaired) electrons. The number of amides is 1. The van der Waals surface area contributed by atoms with Crippen molar-refractivity contribution in [3.8, 4) is 11.8 Å². The van der Waals surface area contributed by atoms with Crippen LogP contribution < -0.4 is 0 Å². The van der Waals surface area contributed by atoms with Gasteiger partial charge in [-0.1, -0.05) is 41.3 Å². The Labute approximate surface area is 148 Å². The average Bonchev–Trinajstić information content (AvgIpc) is 2.92. The van der Waals surface area contributed by atoms with Gasteiger partial charge in [0.15, 0.2) is 8.29 Å². The van der Waals surface area contributed by atoms with Gasteiger partial charge in [-0.05, 0) is 31.3 Å². The second kappa shape index (κ2) is 8.24. The first-order chi connectivity index (χ1) is 11.0. The highest BCUT2D eigenvalue weighted by molar-refractivity contribution is 8.02. The van der Waals surface area contributed by atoms with Crippen molar-refractivity contribution < 1.29 is 4.79 Å². The van der Waals surface area contributed by atoms with Crippen molar-refractivity contribution in [3.05, 3.63) is 34.3 Å². The highest BCUT2D eigenvalue weighted by Crippen LogP contribution is 2.28. The fourth-order valence-electron chi connectivity index (χ4n) is 1.88. The van der Waals surface area contributed by atoms with Gasteiger partial charge in [0.25, 0.3) is 0 Å². The average molecular weight is 365 g/mol. The number of hydrogen-bond acceptors (Lipinski definition) is 6. The van der Waals surface area contributed by atoms with Crippen LogP contribution in [0.15, 0.2) is 34.7 Å². The fourth-order valence-corrected chi connectivity index (χ4v) is 4.50. The van der Waals surface area contributed by atoms with Crippen molar-refractivity contribution in [2.75, 3.05) is 13.6 Å². The minimum absolute atomic E-state index is 0.0161. The Morgan fingerprint density at radius 1 is 1.52 bits per heavy atom. The van der Waals surface area contributed by atoms with E-state index < -0.39 is 0 Å². The van der Waals surface area contributed by atoms with Crippen LogP contribution in [-0.2, 0) is 4.79 Å². The van der Waals surface area contributed by atoms with E-state index in [1.54, 1.807) is 16.6 Å². The lowest BCUT2D eigenvalue weighted by atomic mass is 10.3. The van der Waals surface area contributed by atoms with Gasteiger partial charge in [0.05, 0.1) is 23.4 Å². The van der Waals surface area contributed by atoms with E-state index in [-0.39, 0.29) is 11.2 Å². The SMILES string of the molecule is C[C@H](Sc1nn(-c2ccccc2)c(=S)s1)C(=O)N(C)CCC#N. The summed E-state index contributed by atoms with van der Waals surface area (Å²) < 4.78 is 3.11. The van der Waals surface area contributed by atoms with Crippen molar-refractivity contribution in [1.29, 1.82) is 5.26 Å². The Hall–Kier alpha value is -1.69. The molecular formula is C15H16N4OS3. The van der Waals surface area contributed by atoms with Crippen molar-refractivity contribution in [1.82, 2.24) is 14.7 Å². The number of carbonyl (C=O) groups excluding carboxylic acids is 1. The van der Waals surface area contributed by atoms with Crippen molar-refractivity contribution in [3.63, 3.8) is 0 Å². The largest absolute Gasteiger partial charge is 0.344 e. The number of thioether (sulfide) groups is 1. The van der Waals surface area contributed by atoms with Gasteiger partial charge in [-0.25, -0.2) is 4.68 Å². The predicted molar refractivity (Wildman–Crippen MR) is 95.5 cm³/mol. The monoisotopic (exact) mass is 364 g/mol. The molecule has 0 saturated heterocycles. The first kappa shape index (κ1) is 17.7. The zero-order chi connectivity index (χ0) is 16.8. The number of benzene rings is 1. The number of nitriles is 1. The number of para-hydroxylation sites is 1. The molecule has 1 aromatic carbocycles. The van der Waals surface area contributed by atoms with E-state index in [0.29, 0.717) is 16.9 Å². The molecule has 120 valence electrons. The topological polar surface area (TPSA) is 61.9 Å². The molecule has 1 atom stereocenters.